The number of aryl methyl sites for hydroxylation is 1. The highest BCUT2D eigenvalue weighted by atomic mass is 16.5. The smallest absolute Gasteiger partial charge is 0.119 e. The first-order valence-electron chi connectivity index (χ1n) is 7.22. The molecule has 0 fully saturated rings. The molecule has 0 saturated carbocycles. The molecular formula is C21H26N2O. The number of nitrogens with zero attached hydrogens (tertiary/aromatic N) is 1. The minimum atomic E-state index is 0. The number of benzene rings is 2. The number of hydrogen-bond acceptors (Lipinski definition) is 3. The molecule has 0 aliphatic carbocycles. The lowest BCUT2D eigenvalue weighted by Crippen LogP contribution is -2.02. The summed E-state index contributed by atoms with van der Waals surface area (Å²) in [6, 6.07) is 19.7. The number of pyridine rings is 1. The Hall–Kier alpha value is -2.81. The number of anilines is 1. The average molecular weight is 322 g/mol. The Labute approximate surface area is 145 Å². The maximum Gasteiger partial charge on any atom is 0.119 e. The normalized spacial score (nSPS) is 9.54. The van der Waals surface area contributed by atoms with Crippen LogP contribution in [0, 0.1) is 6.92 Å². The van der Waals surface area contributed by atoms with Crippen LogP contribution in [0.4, 0.5) is 5.69 Å². The van der Waals surface area contributed by atoms with Crippen molar-refractivity contribution < 1.29 is 4.74 Å². The Kier molecular flexibility index (Phi) is 6.99. The maximum absolute atomic E-state index is 6.00. The van der Waals surface area contributed by atoms with E-state index in [0.717, 1.165) is 33.8 Å². The molecule has 3 nitrogen and oxygen atoms in total. The highest BCUT2D eigenvalue weighted by Crippen LogP contribution is 2.23. The molecule has 0 spiro atoms. The zero-order valence-corrected chi connectivity index (χ0v) is 12.5. The molecule has 3 heteroatoms. The summed E-state index contributed by atoms with van der Waals surface area (Å²) in [5.74, 6) is 0.822. The van der Waals surface area contributed by atoms with Crippen LogP contribution in [0.2, 0.25) is 0 Å². The van der Waals surface area contributed by atoms with Crippen LogP contribution >= 0.6 is 0 Å². The van der Waals surface area contributed by atoms with Crippen LogP contribution in [0.15, 0.2) is 66.9 Å². The van der Waals surface area contributed by atoms with Gasteiger partial charge in [0.2, 0.25) is 0 Å². The first-order chi connectivity index (χ1) is 10.7. The lowest BCUT2D eigenvalue weighted by atomic mass is 10.1. The highest BCUT2D eigenvalue weighted by Gasteiger charge is 2.04. The minimum Gasteiger partial charge on any atom is -0.489 e. The van der Waals surface area contributed by atoms with Gasteiger partial charge in [-0.2, -0.15) is 0 Å². The van der Waals surface area contributed by atoms with Crippen molar-refractivity contribution in [1.29, 1.82) is 0 Å². The third-order valence-electron chi connectivity index (χ3n) is 3.64. The first-order valence-corrected chi connectivity index (χ1v) is 7.22. The summed E-state index contributed by atoms with van der Waals surface area (Å²) in [5, 5.41) is 0. The second kappa shape index (κ2) is 8.73. The van der Waals surface area contributed by atoms with Crippen molar-refractivity contribution >= 4 is 5.69 Å². The van der Waals surface area contributed by atoms with Crippen LogP contribution in [0.5, 0.6) is 5.75 Å². The van der Waals surface area contributed by atoms with Crippen molar-refractivity contribution in [2.75, 3.05) is 5.73 Å². The Balaban J connectivity index is 0.00000144. The van der Waals surface area contributed by atoms with E-state index in [1.807, 2.05) is 67.6 Å². The van der Waals surface area contributed by atoms with Gasteiger partial charge >= 0.3 is 0 Å². The minimum absolute atomic E-state index is 0. The average Bonchev–Trinajstić information content (AvgIpc) is 2.56. The van der Waals surface area contributed by atoms with E-state index in [9.17, 15) is 0 Å². The van der Waals surface area contributed by atoms with Gasteiger partial charge in [-0.3, -0.25) is 4.98 Å². The van der Waals surface area contributed by atoms with E-state index < -0.39 is 0 Å². The monoisotopic (exact) mass is 322 g/mol. The standard InChI is InChI=1S/C19H18N2O.2CH4/c1-14-5-4-6-18(20)17(14)13-22-16-10-8-15(9-11-16)19-7-2-3-12-21-19;;/h2-12H,13,20H2,1H3;2*1H4. The number of nitrogens with two attached hydrogens (primary N) is 1. The Morgan fingerprint density at radius 3 is 2.29 bits per heavy atom. The summed E-state index contributed by atoms with van der Waals surface area (Å²) < 4.78 is 5.84. The lowest BCUT2D eigenvalue weighted by Gasteiger charge is -2.11. The van der Waals surface area contributed by atoms with Crippen molar-refractivity contribution in [1.82, 2.24) is 4.98 Å². The molecule has 0 saturated heterocycles. The van der Waals surface area contributed by atoms with Gasteiger partial charge in [-0.15, -0.1) is 0 Å². The predicted octanol–water partition coefficient (Wildman–Crippen LogP) is 5.49. The van der Waals surface area contributed by atoms with E-state index in [1.165, 1.54) is 0 Å². The maximum atomic E-state index is 6.00. The third-order valence-corrected chi connectivity index (χ3v) is 3.64. The van der Waals surface area contributed by atoms with Crippen LogP contribution in [0.3, 0.4) is 0 Å². The van der Waals surface area contributed by atoms with Crippen molar-refractivity contribution in [2.24, 2.45) is 0 Å². The van der Waals surface area contributed by atoms with Crippen LogP contribution in [0.25, 0.3) is 11.3 Å². The van der Waals surface area contributed by atoms with Gasteiger partial charge in [0.15, 0.2) is 0 Å². The van der Waals surface area contributed by atoms with Crippen LogP contribution in [-0.4, -0.2) is 4.98 Å². The van der Waals surface area contributed by atoms with Crippen LogP contribution < -0.4 is 10.5 Å². The molecule has 3 aromatic rings. The Bertz CT molecular complexity index is 732. The van der Waals surface area contributed by atoms with E-state index in [2.05, 4.69) is 4.98 Å². The van der Waals surface area contributed by atoms with Crippen molar-refractivity contribution in [3.8, 4) is 17.0 Å². The zero-order chi connectivity index (χ0) is 15.4. The van der Waals surface area contributed by atoms with Gasteiger partial charge < -0.3 is 10.5 Å². The molecule has 126 valence electrons. The number of nitrogen functional groups attached to an aromatic ring is 1. The van der Waals surface area contributed by atoms with Gasteiger partial charge in [-0.1, -0.05) is 33.1 Å². The van der Waals surface area contributed by atoms with Gasteiger partial charge in [-0.05, 0) is 55.0 Å². The van der Waals surface area contributed by atoms with Gasteiger partial charge in [0.25, 0.3) is 0 Å². The summed E-state index contributed by atoms with van der Waals surface area (Å²) in [5.41, 5.74) is 11.0. The summed E-state index contributed by atoms with van der Waals surface area (Å²) in [7, 11) is 0. The van der Waals surface area contributed by atoms with E-state index in [0.29, 0.717) is 6.61 Å². The fraction of sp³-hybridized carbons (Fsp3) is 0.190. The number of aromatic nitrogens is 1. The molecule has 1 aromatic heterocycles. The molecule has 0 radical (unpaired) electrons. The molecule has 1 heterocycles. The molecule has 0 aliphatic heterocycles. The zero-order valence-electron chi connectivity index (χ0n) is 12.5. The van der Waals surface area contributed by atoms with Gasteiger partial charge in [-0.25, -0.2) is 0 Å². The quantitative estimate of drug-likeness (QED) is 0.646. The highest BCUT2D eigenvalue weighted by molar-refractivity contribution is 5.59. The molecule has 2 N–H and O–H groups in total. The first kappa shape index (κ1) is 19.2. The molecule has 2 aromatic carbocycles. The van der Waals surface area contributed by atoms with Crippen molar-refractivity contribution in [3.63, 3.8) is 0 Å². The molecule has 0 unspecified atom stereocenters. The van der Waals surface area contributed by atoms with E-state index in [4.69, 9.17) is 10.5 Å². The molecule has 0 amide bonds. The largest absolute Gasteiger partial charge is 0.489 e. The van der Waals surface area contributed by atoms with Gasteiger partial charge in [0.05, 0.1) is 5.69 Å². The van der Waals surface area contributed by atoms with Crippen molar-refractivity contribution in [3.05, 3.63) is 78.0 Å². The molecule has 0 bridgehead atoms. The summed E-state index contributed by atoms with van der Waals surface area (Å²) in [4.78, 5) is 4.34. The molecule has 0 atom stereocenters. The third kappa shape index (κ3) is 4.35. The number of hydrogen-bond donors (Lipinski definition) is 1. The summed E-state index contributed by atoms with van der Waals surface area (Å²) in [6.45, 7) is 2.51. The van der Waals surface area contributed by atoms with Crippen molar-refractivity contribution in [2.45, 2.75) is 28.4 Å². The second-order valence-electron chi connectivity index (χ2n) is 5.17. The fourth-order valence-corrected chi connectivity index (χ4v) is 2.33. The molecule has 24 heavy (non-hydrogen) atoms. The number of rotatable bonds is 4. The lowest BCUT2D eigenvalue weighted by molar-refractivity contribution is 0.306. The molecule has 3 rings (SSSR count). The van der Waals surface area contributed by atoms with Gasteiger partial charge in [0, 0.05) is 23.0 Å². The molecule has 0 aliphatic rings. The van der Waals surface area contributed by atoms with E-state index in [-0.39, 0.29) is 14.9 Å². The number of ether oxygens (including phenoxy) is 1. The van der Waals surface area contributed by atoms with Crippen LogP contribution in [-0.2, 0) is 6.61 Å². The SMILES string of the molecule is C.C.Cc1cccc(N)c1COc1ccc(-c2ccccn2)cc1. The van der Waals surface area contributed by atoms with Gasteiger partial charge in [0.1, 0.15) is 12.4 Å². The van der Waals surface area contributed by atoms with E-state index in [1.54, 1.807) is 6.20 Å². The van der Waals surface area contributed by atoms with E-state index >= 15 is 0 Å². The topological polar surface area (TPSA) is 48.1 Å². The fourth-order valence-electron chi connectivity index (χ4n) is 2.33. The summed E-state index contributed by atoms with van der Waals surface area (Å²) in [6.07, 6.45) is 1.79. The molecular weight excluding hydrogens is 296 g/mol. The van der Waals surface area contributed by atoms with Crippen LogP contribution in [0.1, 0.15) is 26.0 Å². The Morgan fingerprint density at radius 1 is 0.917 bits per heavy atom. The summed E-state index contributed by atoms with van der Waals surface area (Å²) >= 11 is 0. The predicted molar refractivity (Wildman–Crippen MR) is 103 cm³/mol. The second-order valence-corrected chi connectivity index (χ2v) is 5.17. The Morgan fingerprint density at radius 2 is 1.67 bits per heavy atom.